The summed E-state index contributed by atoms with van der Waals surface area (Å²) < 4.78 is 73.9. The molecule has 0 bridgehead atoms. The number of halogens is 1. The van der Waals surface area contributed by atoms with Crippen molar-refractivity contribution in [2.75, 3.05) is 171 Å². The van der Waals surface area contributed by atoms with Gasteiger partial charge >= 0.3 is 23.9 Å². The molecule has 0 aromatic heterocycles. The number of rotatable bonds is 52. The van der Waals surface area contributed by atoms with Crippen LogP contribution in [0.4, 0.5) is 0 Å². The number of aryl methyl sites for hydroxylation is 4. The van der Waals surface area contributed by atoms with Crippen molar-refractivity contribution in [1.29, 1.82) is 0 Å². The molecule has 0 saturated heterocycles. The number of phosphoric ester groups is 2. The van der Waals surface area contributed by atoms with Gasteiger partial charge in [0.1, 0.15) is 57.1 Å². The first-order valence-electron chi connectivity index (χ1n) is 39.8. The average Bonchev–Trinajstić information content (AvgIpc) is 0.831. The molecule has 0 spiro atoms. The standard InChI is InChI=1S/C45H63N2O11PS2.C33H38BrNO5S2.C11H22NO6P.CH4/c1-33-10-18-38(19-11-33)60-30-37(31-61-39-20-12-34(2)13-21-39)40(48)35-14-16-36(17-15-35)41(49)46-22-24-54-26-27-55-42(50)44(3,4)32-45(5,6)43(51)56-28-29-58-59(52,53)57-25-23-47(7,8)9;1-23-5-13-28(14-6-23)41-21-27(22-42-29-15-7-24(2)8-16-29)30(36)25-9-11-26(12-10-25)31(37)35-17-18-39-19-20-40-32(38)33(3,4)34;1-10(2)11(13)16-8-9-18-19(14,15)17-7-6-12(3,4)5;/h10-21,37H,22-32H2,1-9H3,(H-,46,49,52,53);5-16,27H,17-22H2,1-4H3,(H,35,37);1,6-9H2,2-5H3;1H4. The SMILES string of the molecule is C.C=C(C)C(=O)OCCOP(=O)([O-])OCC[N+](C)(C)C.Cc1ccc(SCC(CSc2ccc(C)cc2)C(=O)c2ccc(C(=O)NCCOCCOC(=O)C(C)(C)Br)cc2)cc1.Cc1ccc(SCC(CSc2ccc(C)cc2)C(=O)c2ccc(C(=O)NCCOCCOC(=O)C(C)(C)CC(C)(C)C(=O)OCCOP(=O)([O-])OCC[N+](C)(C)C)cc2)cc1. The summed E-state index contributed by atoms with van der Waals surface area (Å²) in [6.07, 6.45) is 0.0928. The highest BCUT2D eigenvalue weighted by molar-refractivity contribution is 9.10. The monoisotopic (exact) mass is 1880 g/mol. The number of phosphoric acid groups is 2. The molecule has 6 rings (SSSR count). The molecule has 0 heterocycles. The van der Waals surface area contributed by atoms with Crippen LogP contribution >= 0.6 is 78.6 Å². The molecule has 26 nitrogen and oxygen atoms in total. The van der Waals surface area contributed by atoms with Crippen LogP contribution in [0.15, 0.2) is 177 Å². The minimum atomic E-state index is -4.54. The van der Waals surface area contributed by atoms with Crippen LogP contribution in [-0.4, -0.2) is 231 Å². The molecule has 33 heteroatoms. The van der Waals surface area contributed by atoms with E-state index in [-0.39, 0.29) is 140 Å². The average molecular weight is 1890 g/mol. The Morgan fingerprint density at radius 2 is 0.675 bits per heavy atom. The molecule has 0 radical (unpaired) electrons. The fraction of sp³-hybridized carbons (Fsp3) is 0.489. The van der Waals surface area contributed by atoms with Gasteiger partial charge in [-0.15, -0.1) is 47.0 Å². The molecule has 0 aliphatic heterocycles. The van der Waals surface area contributed by atoms with Crippen LogP contribution in [0.1, 0.15) is 126 Å². The lowest BCUT2D eigenvalue weighted by Crippen LogP contribution is -2.38. The van der Waals surface area contributed by atoms with Gasteiger partial charge in [-0.3, -0.25) is 42.7 Å². The Bertz CT molecular complexity index is 4270. The zero-order valence-corrected chi connectivity index (χ0v) is 80.0. The summed E-state index contributed by atoms with van der Waals surface area (Å²) in [7, 11) is 2.55. The van der Waals surface area contributed by atoms with Gasteiger partial charge < -0.3 is 75.9 Å². The van der Waals surface area contributed by atoms with Crippen LogP contribution in [0.25, 0.3) is 0 Å². The number of nitrogens with zero attached hydrogens (tertiary/aromatic N) is 2. The Morgan fingerprint density at radius 1 is 0.407 bits per heavy atom. The number of amides is 2. The molecular formula is C90H127BrN4O22P2S4. The second-order valence-electron chi connectivity index (χ2n) is 32.5. The predicted molar refractivity (Wildman–Crippen MR) is 488 cm³/mol. The summed E-state index contributed by atoms with van der Waals surface area (Å²) in [4.78, 5) is 129. The lowest BCUT2D eigenvalue weighted by Gasteiger charge is -2.31. The quantitative estimate of drug-likeness (QED) is 0.00412. The lowest BCUT2D eigenvalue weighted by molar-refractivity contribution is -0.870. The van der Waals surface area contributed by atoms with Crippen LogP contribution in [0, 0.1) is 50.4 Å². The van der Waals surface area contributed by atoms with Crippen molar-refractivity contribution in [3.63, 3.8) is 0 Å². The molecule has 680 valence electrons. The van der Waals surface area contributed by atoms with Gasteiger partial charge in [0.05, 0.1) is 92.8 Å². The molecule has 6 aromatic rings. The molecule has 0 aliphatic rings. The van der Waals surface area contributed by atoms with Gasteiger partial charge in [0.15, 0.2) is 11.6 Å². The van der Waals surface area contributed by atoms with Crippen molar-refractivity contribution in [2.45, 2.75) is 114 Å². The van der Waals surface area contributed by atoms with E-state index in [0.29, 0.717) is 73.9 Å². The number of likely N-dealkylation sites (N-methyl/N-ethyl adjacent to an activating group) is 2. The Kier molecular flexibility index (Phi) is 49.4. The van der Waals surface area contributed by atoms with Crippen LogP contribution in [-0.2, 0) is 74.8 Å². The van der Waals surface area contributed by atoms with E-state index in [0.717, 1.165) is 19.6 Å². The number of esters is 4. The zero-order chi connectivity index (χ0) is 90.9. The Balaban J connectivity index is 0.000000541. The summed E-state index contributed by atoms with van der Waals surface area (Å²) in [5.41, 5.74) is 4.89. The zero-order valence-electron chi connectivity index (χ0n) is 73.3. The predicted octanol–water partition coefficient (Wildman–Crippen LogP) is 15.3. The maximum absolute atomic E-state index is 13.8. The molecule has 2 N–H and O–H groups in total. The van der Waals surface area contributed by atoms with Crippen molar-refractivity contribution in [3.8, 4) is 0 Å². The number of alkyl halides is 1. The third kappa shape index (κ3) is 47.0. The largest absolute Gasteiger partial charge is 0.756 e. The summed E-state index contributed by atoms with van der Waals surface area (Å²) >= 11 is 9.95. The number of quaternary nitrogens is 2. The van der Waals surface area contributed by atoms with Crippen LogP contribution in [0.2, 0.25) is 0 Å². The second kappa shape index (κ2) is 55.0. The van der Waals surface area contributed by atoms with E-state index in [1.54, 1.807) is 137 Å². The van der Waals surface area contributed by atoms with Crippen LogP contribution in [0.5, 0.6) is 0 Å². The van der Waals surface area contributed by atoms with Crippen LogP contribution in [0.3, 0.4) is 0 Å². The minimum absolute atomic E-state index is 0. The first-order chi connectivity index (χ1) is 57.1. The molecule has 2 unspecified atom stereocenters. The topological polar surface area (TPSA) is 333 Å². The van der Waals surface area contributed by atoms with Gasteiger partial charge in [-0.05, 0) is 155 Å². The first kappa shape index (κ1) is 110. The number of nitrogens with one attached hydrogen (secondary N) is 2. The highest BCUT2D eigenvalue weighted by Gasteiger charge is 2.41. The fourth-order valence-corrected chi connectivity index (χ4v) is 16.2. The molecular weight excluding hydrogens is 1760 g/mol. The van der Waals surface area contributed by atoms with Crippen molar-refractivity contribution < 1.29 is 113 Å². The van der Waals surface area contributed by atoms with E-state index >= 15 is 0 Å². The van der Waals surface area contributed by atoms with Gasteiger partial charge in [-0.2, -0.15) is 0 Å². The Labute approximate surface area is 753 Å². The van der Waals surface area contributed by atoms with E-state index in [4.69, 9.17) is 32.7 Å². The number of ketones is 2. The fourth-order valence-electron chi connectivity index (χ4n) is 10.5. The van der Waals surface area contributed by atoms with Crippen molar-refractivity contribution in [1.82, 2.24) is 10.6 Å². The number of hydrogen-bond acceptors (Lipinski definition) is 26. The van der Waals surface area contributed by atoms with Crippen molar-refractivity contribution in [2.24, 2.45) is 22.7 Å². The highest BCUT2D eigenvalue weighted by Crippen LogP contribution is 2.40. The maximum Gasteiger partial charge on any atom is 0.333 e. The van der Waals surface area contributed by atoms with E-state index in [2.05, 4.69) is 158 Å². The molecule has 0 fully saturated rings. The van der Waals surface area contributed by atoms with Gasteiger partial charge in [-0.1, -0.05) is 125 Å². The normalized spacial score (nSPS) is 12.7. The molecule has 2 amide bonds. The number of Topliss-reactive ketones (excluding diaryl/α,β-unsaturated/α-hetero) is 2. The molecule has 2 atom stereocenters. The van der Waals surface area contributed by atoms with Crippen LogP contribution < -0.4 is 20.4 Å². The number of carbonyl (C=O) groups excluding carboxylic acids is 8. The minimum Gasteiger partial charge on any atom is -0.756 e. The van der Waals surface area contributed by atoms with Gasteiger partial charge in [0.25, 0.3) is 27.5 Å². The third-order valence-electron chi connectivity index (χ3n) is 17.5. The third-order valence-corrected chi connectivity index (χ3v) is 24.5. The van der Waals surface area contributed by atoms with Crippen molar-refractivity contribution in [3.05, 3.63) is 202 Å². The summed E-state index contributed by atoms with van der Waals surface area (Å²) in [6.45, 7) is 24.3. The van der Waals surface area contributed by atoms with Gasteiger partial charge in [0, 0.05) is 95.3 Å². The number of carbonyl (C=O) groups is 8. The first-order valence-corrected chi connectivity index (χ1v) is 47.4. The number of thioether (sulfide) groups is 4. The Hall–Kier alpha value is -6.84. The lowest BCUT2D eigenvalue weighted by atomic mass is 9.75. The molecule has 0 saturated carbocycles. The van der Waals surface area contributed by atoms with E-state index in [1.807, 2.05) is 56.1 Å². The summed E-state index contributed by atoms with van der Waals surface area (Å²) in [5.74, 6) is -0.424. The van der Waals surface area contributed by atoms with Gasteiger partial charge in [-0.25, -0.2) is 4.79 Å². The number of hydrogen-bond donors (Lipinski definition) is 2. The maximum atomic E-state index is 13.8. The molecule has 123 heavy (non-hydrogen) atoms. The number of benzene rings is 6. The highest BCUT2D eigenvalue weighted by atomic mass is 79.9. The van der Waals surface area contributed by atoms with E-state index in [9.17, 15) is 57.3 Å². The smallest absolute Gasteiger partial charge is 0.333 e. The second-order valence-corrected chi connectivity index (χ2v) is 41.7. The van der Waals surface area contributed by atoms with E-state index < -0.39 is 55.3 Å². The van der Waals surface area contributed by atoms with E-state index in [1.165, 1.54) is 29.2 Å². The number of ether oxygens (including phenoxy) is 6. The summed E-state index contributed by atoms with van der Waals surface area (Å²) in [6, 6.07) is 46.8. The summed E-state index contributed by atoms with van der Waals surface area (Å²) in [5, 5.41) is 5.61. The van der Waals surface area contributed by atoms with Crippen molar-refractivity contribution >= 4 is 126 Å². The van der Waals surface area contributed by atoms with Gasteiger partial charge in [0.2, 0.25) is 0 Å². The Morgan fingerprint density at radius 3 is 0.959 bits per heavy atom. The molecule has 6 aromatic carbocycles. The molecule has 0 aliphatic carbocycles.